The maximum atomic E-state index is 10.4. The van der Waals surface area contributed by atoms with E-state index in [1.54, 1.807) is 0 Å². The van der Waals surface area contributed by atoms with Crippen molar-refractivity contribution in [2.75, 3.05) is 13.1 Å². The molecule has 3 unspecified atom stereocenters. The van der Waals surface area contributed by atoms with Crippen molar-refractivity contribution in [3.8, 4) is 0 Å². The third kappa shape index (κ3) is 1.91. The number of aliphatic hydroxyl groups is 1. The molecule has 4 heteroatoms. The lowest BCUT2D eigenvalue weighted by atomic mass is 9.88. The number of likely N-dealkylation sites (tertiary alicyclic amines) is 1. The number of rotatable bonds is 3. The van der Waals surface area contributed by atoms with Crippen molar-refractivity contribution in [1.82, 2.24) is 4.90 Å². The number of hydrogen-bond donors (Lipinski definition) is 2. The molecule has 2 rings (SSSR count). The first kappa shape index (κ1) is 9.93. The van der Waals surface area contributed by atoms with Gasteiger partial charge in [-0.1, -0.05) is 0 Å². The number of fused-ring (bicyclic) bond motifs is 2. The van der Waals surface area contributed by atoms with E-state index < -0.39 is 5.97 Å². The number of carboxylic acid groups (broad SMARTS) is 1. The fraction of sp³-hybridized carbons (Fsp3) is 0.900. The maximum Gasteiger partial charge on any atom is 0.304 e. The van der Waals surface area contributed by atoms with Gasteiger partial charge in [-0.05, 0) is 25.2 Å². The second kappa shape index (κ2) is 3.87. The van der Waals surface area contributed by atoms with Gasteiger partial charge in [0, 0.05) is 19.1 Å². The van der Waals surface area contributed by atoms with Crippen LogP contribution in [0.1, 0.15) is 25.7 Å². The predicted octanol–water partition coefficient (Wildman–Crippen LogP) is 0.306. The molecular formula is C10H17NO3. The SMILES string of the molecule is O=C(O)CCN1CC2CC1CCC2O. The van der Waals surface area contributed by atoms with Gasteiger partial charge in [0.2, 0.25) is 0 Å². The molecule has 1 saturated carbocycles. The Bertz CT molecular complexity index is 231. The Morgan fingerprint density at radius 1 is 1.43 bits per heavy atom. The van der Waals surface area contributed by atoms with Gasteiger partial charge in [0.15, 0.2) is 0 Å². The molecule has 2 aliphatic rings. The average molecular weight is 199 g/mol. The van der Waals surface area contributed by atoms with Gasteiger partial charge in [-0.15, -0.1) is 0 Å². The summed E-state index contributed by atoms with van der Waals surface area (Å²) < 4.78 is 0. The lowest BCUT2D eigenvalue weighted by molar-refractivity contribution is -0.137. The van der Waals surface area contributed by atoms with Crippen LogP contribution in [0.2, 0.25) is 0 Å². The molecule has 1 aliphatic carbocycles. The molecule has 0 amide bonds. The second-order valence-corrected chi connectivity index (χ2v) is 4.43. The highest BCUT2D eigenvalue weighted by Crippen LogP contribution is 2.35. The van der Waals surface area contributed by atoms with Gasteiger partial charge in [-0.3, -0.25) is 9.69 Å². The fourth-order valence-electron chi connectivity index (χ4n) is 2.71. The lowest BCUT2D eigenvalue weighted by Gasteiger charge is -2.25. The van der Waals surface area contributed by atoms with Gasteiger partial charge in [0.1, 0.15) is 0 Å². The first-order valence-corrected chi connectivity index (χ1v) is 5.30. The smallest absolute Gasteiger partial charge is 0.304 e. The highest BCUT2D eigenvalue weighted by molar-refractivity contribution is 5.66. The Kier molecular flexibility index (Phi) is 2.74. The summed E-state index contributed by atoms with van der Waals surface area (Å²) in [5.74, 6) is -0.338. The summed E-state index contributed by atoms with van der Waals surface area (Å²) in [4.78, 5) is 12.7. The Balaban J connectivity index is 1.87. The van der Waals surface area contributed by atoms with Crippen molar-refractivity contribution in [2.24, 2.45) is 5.92 Å². The summed E-state index contributed by atoms with van der Waals surface area (Å²) in [6.45, 7) is 1.53. The van der Waals surface area contributed by atoms with E-state index >= 15 is 0 Å². The van der Waals surface area contributed by atoms with Crippen LogP contribution in [0.15, 0.2) is 0 Å². The molecule has 1 aliphatic heterocycles. The monoisotopic (exact) mass is 199 g/mol. The van der Waals surface area contributed by atoms with Crippen molar-refractivity contribution in [1.29, 1.82) is 0 Å². The largest absolute Gasteiger partial charge is 0.481 e. The van der Waals surface area contributed by atoms with E-state index in [1.165, 1.54) is 0 Å². The summed E-state index contributed by atoms with van der Waals surface area (Å²) >= 11 is 0. The zero-order valence-electron chi connectivity index (χ0n) is 8.22. The first-order valence-electron chi connectivity index (χ1n) is 5.30. The first-order chi connectivity index (χ1) is 6.66. The molecular weight excluding hydrogens is 182 g/mol. The molecule has 2 fully saturated rings. The van der Waals surface area contributed by atoms with Crippen LogP contribution in [-0.4, -0.2) is 46.3 Å². The van der Waals surface area contributed by atoms with Crippen LogP contribution in [0.4, 0.5) is 0 Å². The van der Waals surface area contributed by atoms with Crippen LogP contribution >= 0.6 is 0 Å². The molecule has 0 aromatic carbocycles. The Labute approximate surface area is 83.5 Å². The summed E-state index contributed by atoms with van der Waals surface area (Å²) in [5, 5.41) is 18.2. The number of hydrogen-bond acceptors (Lipinski definition) is 3. The minimum Gasteiger partial charge on any atom is -0.481 e. The van der Waals surface area contributed by atoms with Crippen LogP contribution in [0.25, 0.3) is 0 Å². The van der Waals surface area contributed by atoms with Crippen molar-refractivity contribution in [3.63, 3.8) is 0 Å². The average Bonchev–Trinajstić information content (AvgIpc) is 2.48. The number of carboxylic acids is 1. The topological polar surface area (TPSA) is 60.8 Å². The summed E-state index contributed by atoms with van der Waals surface area (Å²) in [5.41, 5.74) is 0. The van der Waals surface area contributed by atoms with E-state index in [2.05, 4.69) is 4.90 Å². The third-order valence-electron chi connectivity index (χ3n) is 3.51. The van der Waals surface area contributed by atoms with Gasteiger partial charge in [-0.2, -0.15) is 0 Å². The molecule has 1 saturated heterocycles. The highest BCUT2D eigenvalue weighted by Gasteiger charge is 2.39. The van der Waals surface area contributed by atoms with Crippen LogP contribution in [-0.2, 0) is 4.79 Å². The predicted molar refractivity (Wildman–Crippen MR) is 51.0 cm³/mol. The van der Waals surface area contributed by atoms with Gasteiger partial charge in [0.25, 0.3) is 0 Å². The number of nitrogens with zero attached hydrogens (tertiary/aromatic N) is 1. The summed E-state index contributed by atoms with van der Waals surface area (Å²) in [6.07, 6.45) is 3.04. The molecule has 0 aromatic heterocycles. The third-order valence-corrected chi connectivity index (χ3v) is 3.51. The molecule has 4 nitrogen and oxygen atoms in total. The minimum atomic E-state index is -0.730. The number of aliphatic carboxylic acids is 1. The molecule has 0 radical (unpaired) electrons. The second-order valence-electron chi connectivity index (χ2n) is 4.43. The van der Waals surface area contributed by atoms with Crippen molar-refractivity contribution in [3.05, 3.63) is 0 Å². The molecule has 1 heterocycles. The van der Waals surface area contributed by atoms with Gasteiger partial charge >= 0.3 is 5.97 Å². The van der Waals surface area contributed by atoms with Crippen LogP contribution in [0.3, 0.4) is 0 Å². The Morgan fingerprint density at radius 3 is 2.86 bits per heavy atom. The summed E-state index contributed by atoms with van der Waals surface area (Å²) in [6, 6.07) is 0.530. The molecule has 14 heavy (non-hydrogen) atoms. The maximum absolute atomic E-state index is 10.4. The van der Waals surface area contributed by atoms with E-state index in [1.807, 2.05) is 0 Å². The molecule has 2 bridgehead atoms. The quantitative estimate of drug-likeness (QED) is 0.686. The molecule has 0 spiro atoms. The van der Waals surface area contributed by atoms with Crippen molar-refractivity contribution >= 4 is 5.97 Å². The standard InChI is InChI=1S/C10H17NO3/c12-9-2-1-8-5-7(9)6-11(8)4-3-10(13)14/h7-9,12H,1-6H2,(H,13,14). The van der Waals surface area contributed by atoms with E-state index in [0.29, 0.717) is 18.5 Å². The number of aliphatic hydroxyl groups excluding tert-OH is 1. The van der Waals surface area contributed by atoms with Crippen molar-refractivity contribution < 1.29 is 15.0 Å². The fourth-order valence-corrected chi connectivity index (χ4v) is 2.71. The van der Waals surface area contributed by atoms with Crippen LogP contribution in [0, 0.1) is 5.92 Å². The number of carbonyl (C=O) groups is 1. The molecule has 2 N–H and O–H groups in total. The van der Waals surface area contributed by atoms with Gasteiger partial charge in [-0.25, -0.2) is 0 Å². The van der Waals surface area contributed by atoms with Crippen LogP contribution in [0.5, 0.6) is 0 Å². The zero-order valence-corrected chi connectivity index (χ0v) is 8.22. The highest BCUT2D eigenvalue weighted by atomic mass is 16.4. The van der Waals surface area contributed by atoms with E-state index in [4.69, 9.17) is 5.11 Å². The Hall–Kier alpha value is -0.610. The van der Waals surface area contributed by atoms with E-state index in [0.717, 1.165) is 25.8 Å². The molecule has 0 aromatic rings. The zero-order chi connectivity index (χ0) is 10.1. The van der Waals surface area contributed by atoms with Gasteiger partial charge < -0.3 is 10.2 Å². The van der Waals surface area contributed by atoms with E-state index in [-0.39, 0.29) is 12.5 Å². The summed E-state index contributed by atoms with van der Waals surface area (Å²) in [7, 11) is 0. The normalized spacial score (nSPS) is 37.4. The lowest BCUT2D eigenvalue weighted by Crippen LogP contribution is -2.31. The molecule has 3 atom stereocenters. The van der Waals surface area contributed by atoms with Crippen molar-refractivity contribution in [2.45, 2.75) is 37.8 Å². The van der Waals surface area contributed by atoms with Gasteiger partial charge in [0.05, 0.1) is 12.5 Å². The van der Waals surface area contributed by atoms with E-state index in [9.17, 15) is 9.90 Å². The molecule has 80 valence electrons. The Morgan fingerprint density at radius 2 is 2.21 bits per heavy atom. The van der Waals surface area contributed by atoms with Crippen LogP contribution < -0.4 is 0 Å². The minimum absolute atomic E-state index is 0.152.